The van der Waals surface area contributed by atoms with Crippen LogP contribution in [0.4, 0.5) is 0 Å². The molecular formula is C13H14O3. The van der Waals surface area contributed by atoms with Gasteiger partial charge in [-0.2, -0.15) is 0 Å². The number of terminal acetylenes is 1. The fourth-order valence-electron chi connectivity index (χ4n) is 1.33. The molecule has 0 amide bonds. The first-order valence-electron chi connectivity index (χ1n) is 5.05. The molecule has 0 aliphatic heterocycles. The molecule has 1 N–H and O–H groups in total. The number of aromatic carboxylic acids is 1. The molecule has 0 saturated heterocycles. The number of benzene rings is 1. The molecule has 0 aromatic heterocycles. The summed E-state index contributed by atoms with van der Waals surface area (Å²) in [4.78, 5) is 10.8. The van der Waals surface area contributed by atoms with Crippen LogP contribution in [0, 0.1) is 19.3 Å². The van der Waals surface area contributed by atoms with E-state index in [2.05, 4.69) is 5.92 Å². The normalized spacial score (nSPS) is 9.50. The molecule has 0 aliphatic carbocycles. The van der Waals surface area contributed by atoms with Crippen LogP contribution in [0.15, 0.2) is 18.2 Å². The molecule has 0 fully saturated rings. The van der Waals surface area contributed by atoms with Gasteiger partial charge in [0.2, 0.25) is 0 Å². The number of hydrogen-bond acceptors (Lipinski definition) is 2. The summed E-state index contributed by atoms with van der Waals surface area (Å²) in [7, 11) is 0. The molecule has 0 atom stereocenters. The lowest BCUT2D eigenvalue weighted by Gasteiger charge is -2.07. The molecule has 0 heterocycles. The van der Waals surface area contributed by atoms with E-state index in [0.29, 0.717) is 29.9 Å². The third-order valence-electron chi connectivity index (χ3n) is 2.16. The molecule has 0 radical (unpaired) electrons. The van der Waals surface area contributed by atoms with E-state index >= 15 is 0 Å². The van der Waals surface area contributed by atoms with Crippen molar-refractivity contribution in [3.8, 4) is 18.1 Å². The number of aryl methyl sites for hydroxylation is 1. The highest BCUT2D eigenvalue weighted by Gasteiger charge is 2.07. The summed E-state index contributed by atoms with van der Waals surface area (Å²) in [6.45, 7) is 2.30. The number of carboxylic acid groups (broad SMARTS) is 1. The van der Waals surface area contributed by atoms with E-state index in [1.54, 1.807) is 25.1 Å². The Labute approximate surface area is 95.1 Å². The topological polar surface area (TPSA) is 46.5 Å². The molecule has 0 bridgehead atoms. The monoisotopic (exact) mass is 218 g/mol. The molecule has 1 aromatic carbocycles. The summed E-state index contributed by atoms with van der Waals surface area (Å²) < 4.78 is 5.44. The highest BCUT2D eigenvalue weighted by atomic mass is 16.5. The highest BCUT2D eigenvalue weighted by molar-refractivity contribution is 5.89. The van der Waals surface area contributed by atoms with Crippen LogP contribution in [0.3, 0.4) is 0 Å². The Kier molecular flexibility index (Phi) is 4.41. The minimum absolute atomic E-state index is 0.302. The summed E-state index contributed by atoms with van der Waals surface area (Å²) in [6.07, 6.45) is 6.60. The van der Waals surface area contributed by atoms with Crippen LogP contribution in [-0.2, 0) is 0 Å². The van der Waals surface area contributed by atoms with Crippen molar-refractivity contribution < 1.29 is 14.6 Å². The predicted molar refractivity (Wildman–Crippen MR) is 61.7 cm³/mol. The SMILES string of the molecule is C#CCCCOc1ccc(C(=O)O)c(C)c1. The van der Waals surface area contributed by atoms with Gasteiger partial charge in [-0.3, -0.25) is 0 Å². The van der Waals surface area contributed by atoms with Gasteiger partial charge in [0.05, 0.1) is 12.2 Å². The van der Waals surface area contributed by atoms with Gasteiger partial charge < -0.3 is 9.84 Å². The summed E-state index contributed by atoms with van der Waals surface area (Å²) in [6, 6.07) is 4.93. The molecule has 1 aromatic rings. The van der Waals surface area contributed by atoms with E-state index in [4.69, 9.17) is 16.3 Å². The van der Waals surface area contributed by atoms with Gasteiger partial charge in [-0.05, 0) is 37.1 Å². The standard InChI is InChI=1S/C13H14O3/c1-3-4-5-8-16-11-6-7-12(13(14)15)10(2)9-11/h1,6-7,9H,4-5,8H2,2H3,(H,14,15). The number of carbonyl (C=O) groups is 1. The van der Waals surface area contributed by atoms with Crippen molar-refractivity contribution >= 4 is 5.97 Å². The summed E-state index contributed by atoms with van der Waals surface area (Å²) in [5, 5.41) is 8.84. The van der Waals surface area contributed by atoms with Crippen LogP contribution in [0.5, 0.6) is 5.75 Å². The van der Waals surface area contributed by atoms with E-state index in [1.807, 2.05) is 0 Å². The van der Waals surface area contributed by atoms with Gasteiger partial charge in [-0.25, -0.2) is 4.79 Å². The molecule has 0 aliphatic rings. The van der Waals surface area contributed by atoms with E-state index in [-0.39, 0.29) is 0 Å². The second kappa shape index (κ2) is 5.82. The average Bonchev–Trinajstić information content (AvgIpc) is 2.24. The Morgan fingerprint density at radius 3 is 2.88 bits per heavy atom. The highest BCUT2D eigenvalue weighted by Crippen LogP contribution is 2.17. The molecular weight excluding hydrogens is 204 g/mol. The molecule has 16 heavy (non-hydrogen) atoms. The van der Waals surface area contributed by atoms with E-state index in [9.17, 15) is 4.79 Å². The second-order valence-corrected chi connectivity index (χ2v) is 3.44. The van der Waals surface area contributed by atoms with Gasteiger partial charge in [0.25, 0.3) is 0 Å². The number of ether oxygens (including phenoxy) is 1. The Balaban J connectivity index is 2.60. The fraction of sp³-hybridized carbons (Fsp3) is 0.308. The molecule has 3 heteroatoms. The Hall–Kier alpha value is -1.95. The van der Waals surface area contributed by atoms with Crippen LogP contribution in [-0.4, -0.2) is 17.7 Å². The van der Waals surface area contributed by atoms with E-state index in [1.165, 1.54) is 0 Å². The first-order chi connectivity index (χ1) is 7.65. The van der Waals surface area contributed by atoms with Crippen LogP contribution in [0.25, 0.3) is 0 Å². The molecule has 0 saturated carbocycles. The van der Waals surface area contributed by atoms with Gasteiger partial charge in [0.1, 0.15) is 5.75 Å². The van der Waals surface area contributed by atoms with Crippen molar-refractivity contribution in [1.29, 1.82) is 0 Å². The molecule has 84 valence electrons. The zero-order chi connectivity index (χ0) is 12.0. The third kappa shape index (κ3) is 3.32. The van der Waals surface area contributed by atoms with Crippen molar-refractivity contribution in [3.63, 3.8) is 0 Å². The van der Waals surface area contributed by atoms with Crippen molar-refractivity contribution in [1.82, 2.24) is 0 Å². The van der Waals surface area contributed by atoms with Gasteiger partial charge in [0, 0.05) is 6.42 Å². The van der Waals surface area contributed by atoms with E-state index < -0.39 is 5.97 Å². The summed E-state index contributed by atoms with van der Waals surface area (Å²) >= 11 is 0. The smallest absolute Gasteiger partial charge is 0.335 e. The first-order valence-corrected chi connectivity index (χ1v) is 5.05. The summed E-state index contributed by atoms with van der Waals surface area (Å²) in [5.41, 5.74) is 0.998. The number of rotatable bonds is 5. The largest absolute Gasteiger partial charge is 0.494 e. The molecule has 0 unspecified atom stereocenters. The lowest BCUT2D eigenvalue weighted by molar-refractivity contribution is 0.0696. The third-order valence-corrected chi connectivity index (χ3v) is 2.16. The molecule has 3 nitrogen and oxygen atoms in total. The maximum absolute atomic E-state index is 10.8. The van der Waals surface area contributed by atoms with Crippen LogP contribution in [0.1, 0.15) is 28.8 Å². The Morgan fingerprint density at radius 2 is 2.31 bits per heavy atom. The van der Waals surface area contributed by atoms with Crippen LogP contribution >= 0.6 is 0 Å². The number of hydrogen-bond donors (Lipinski definition) is 1. The van der Waals surface area contributed by atoms with Gasteiger partial charge in [-0.1, -0.05) is 0 Å². The van der Waals surface area contributed by atoms with Crippen molar-refractivity contribution in [2.24, 2.45) is 0 Å². The van der Waals surface area contributed by atoms with E-state index in [0.717, 1.165) is 6.42 Å². The number of carboxylic acids is 1. The zero-order valence-electron chi connectivity index (χ0n) is 9.19. The first kappa shape index (κ1) is 12.1. The minimum atomic E-state index is -0.920. The van der Waals surface area contributed by atoms with Gasteiger partial charge in [-0.15, -0.1) is 12.3 Å². The fourth-order valence-corrected chi connectivity index (χ4v) is 1.33. The molecule has 1 rings (SSSR count). The quantitative estimate of drug-likeness (QED) is 0.610. The van der Waals surface area contributed by atoms with Crippen LogP contribution in [0.2, 0.25) is 0 Å². The lowest BCUT2D eigenvalue weighted by Crippen LogP contribution is -2.01. The minimum Gasteiger partial charge on any atom is -0.494 e. The van der Waals surface area contributed by atoms with Crippen LogP contribution < -0.4 is 4.74 Å². The maximum atomic E-state index is 10.8. The Bertz CT molecular complexity index is 416. The van der Waals surface area contributed by atoms with Gasteiger partial charge in [0.15, 0.2) is 0 Å². The van der Waals surface area contributed by atoms with Crippen molar-refractivity contribution in [2.75, 3.05) is 6.61 Å². The lowest BCUT2D eigenvalue weighted by atomic mass is 10.1. The number of unbranched alkanes of at least 4 members (excludes halogenated alkanes) is 1. The van der Waals surface area contributed by atoms with Gasteiger partial charge >= 0.3 is 5.97 Å². The summed E-state index contributed by atoms with van der Waals surface area (Å²) in [5.74, 6) is 2.29. The second-order valence-electron chi connectivity index (χ2n) is 3.44. The zero-order valence-corrected chi connectivity index (χ0v) is 9.19. The Morgan fingerprint density at radius 1 is 1.56 bits per heavy atom. The van der Waals surface area contributed by atoms with Crippen molar-refractivity contribution in [2.45, 2.75) is 19.8 Å². The predicted octanol–water partition coefficient (Wildman–Crippen LogP) is 2.49. The maximum Gasteiger partial charge on any atom is 0.335 e. The molecule has 0 spiro atoms. The van der Waals surface area contributed by atoms with Crippen molar-refractivity contribution in [3.05, 3.63) is 29.3 Å². The average molecular weight is 218 g/mol.